The van der Waals surface area contributed by atoms with E-state index >= 15 is 0 Å². The first-order valence-corrected chi connectivity index (χ1v) is 8.32. The number of rotatable bonds is 4. The first-order valence-electron chi connectivity index (χ1n) is 7.15. The number of nitrogens with one attached hydrogen (secondary N) is 1. The van der Waals surface area contributed by atoms with E-state index in [2.05, 4.69) is 21.2 Å². The third-order valence-corrected chi connectivity index (χ3v) is 4.48. The molecule has 2 amide bonds. The van der Waals surface area contributed by atoms with Crippen LogP contribution in [-0.2, 0) is 16.1 Å². The fourth-order valence-corrected chi connectivity index (χ4v) is 2.89. The van der Waals surface area contributed by atoms with Gasteiger partial charge in [0.1, 0.15) is 0 Å². The molecule has 0 aromatic heterocycles. The molecule has 1 aliphatic rings. The Kier molecular flexibility index (Phi) is 4.80. The maximum absolute atomic E-state index is 12.5. The smallest absolute Gasteiger partial charge is 0.251 e. The standard InChI is InChI=1S/C17H14BrClN2O2/c18-12-3-7-14(8-4-12)21-16(22)9-15(17(21)23)20-10-11-1-5-13(19)6-2-11/h1-8,15,20H,9-10H2/t15-/m0/s1. The van der Waals surface area contributed by atoms with Crippen molar-refractivity contribution in [2.45, 2.75) is 19.0 Å². The lowest BCUT2D eigenvalue weighted by atomic mass is 10.2. The SMILES string of the molecule is O=C1C[C@H](NCc2ccc(Cl)cc2)C(=O)N1c1ccc(Br)cc1. The van der Waals surface area contributed by atoms with E-state index < -0.39 is 6.04 Å². The highest BCUT2D eigenvalue weighted by molar-refractivity contribution is 9.10. The van der Waals surface area contributed by atoms with E-state index in [9.17, 15) is 9.59 Å². The summed E-state index contributed by atoms with van der Waals surface area (Å²) in [5, 5.41) is 3.81. The van der Waals surface area contributed by atoms with Gasteiger partial charge in [-0.15, -0.1) is 0 Å². The Morgan fingerprint density at radius 1 is 1.09 bits per heavy atom. The van der Waals surface area contributed by atoms with Crippen LogP contribution in [0.3, 0.4) is 0 Å². The average Bonchev–Trinajstić information content (AvgIpc) is 2.82. The monoisotopic (exact) mass is 392 g/mol. The van der Waals surface area contributed by atoms with Crippen molar-refractivity contribution in [3.63, 3.8) is 0 Å². The van der Waals surface area contributed by atoms with E-state index in [0.717, 1.165) is 10.0 Å². The molecular weight excluding hydrogens is 380 g/mol. The van der Waals surface area contributed by atoms with E-state index in [1.807, 2.05) is 24.3 Å². The van der Waals surface area contributed by atoms with Crippen molar-refractivity contribution in [2.24, 2.45) is 0 Å². The van der Waals surface area contributed by atoms with Crippen molar-refractivity contribution in [2.75, 3.05) is 4.90 Å². The topological polar surface area (TPSA) is 49.4 Å². The number of halogens is 2. The van der Waals surface area contributed by atoms with Crippen LogP contribution in [0.4, 0.5) is 5.69 Å². The second-order valence-corrected chi connectivity index (χ2v) is 6.66. The third-order valence-electron chi connectivity index (χ3n) is 3.70. The van der Waals surface area contributed by atoms with Gasteiger partial charge in [0.2, 0.25) is 5.91 Å². The first kappa shape index (κ1) is 16.2. The number of benzene rings is 2. The van der Waals surface area contributed by atoms with Crippen LogP contribution >= 0.6 is 27.5 Å². The molecular formula is C17H14BrClN2O2. The summed E-state index contributed by atoms with van der Waals surface area (Å²) < 4.78 is 0.901. The Bertz CT molecular complexity index is 731. The van der Waals surface area contributed by atoms with Gasteiger partial charge in [0.15, 0.2) is 0 Å². The molecule has 0 aliphatic carbocycles. The van der Waals surface area contributed by atoms with Crippen LogP contribution < -0.4 is 10.2 Å². The minimum absolute atomic E-state index is 0.169. The van der Waals surface area contributed by atoms with Gasteiger partial charge in [-0.05, 0) is 42.0 Å². The zero-order chi connectivity index (χ0) is 16.4. The van der Waals surface area contributed by atoms with Crippen LogP contribution in [0.2, 0.25) is 5.02 Å². The summed E-state index contributed by atoms with van der Waals surface area (Å²) in [4.78, 5) is 25.9. The second kappa shape index (κ2) is 6.83. The highest BCUT2D eigenvalue weighted by Gasteiger charge is 2.39. The lowest BCUT2D eigenvalue weighted by Crippen LogP contribution is -2.38. The fraction of sp³-hybridized carbons (Fsp3) is 0.176. The average molecular weight is 394 g/mol. The molecule has 1 N–H and O–H groups in total. The van der Waals surface area contributed by atoms with Crippen LogP contribution in [0.1, 0.15) is 12.0 Å². The number of carbonyl (C=O) groups excluding carboxylic acids is 2. The molecule has 0 saturated carbocycles. The van der Waals surface area contributed by atoms with Crippen molar-refractivity contribution >= 4 is 45.0 Å². The van der Waals surface area contributed by atoms with Gasteiger partial charge in [0, 0.05) is 16.0 Å². The highest BCUT2D eigenvalue weighted by Crippen LogP contribution is 2.24. The Morgan fingerprint density at radius 3 is 2.39 bits per heavy atom. The lowest BCUT2D eigenvalue weighted by molar-refractivity contribution is -0.121. The van der Waals surface area contributed by atoms with E-state index in [1.165, 1.54) is 4.90 Å². The van der Waals surface area contributed by atoms with Crippen LogP contribution in [0, 0.1) is 0 Å². The van der Waals surface area contributed by atoms with Gasteiger partial charge < -0.3 is 5.32 Å². The molecule has 0 unspecified atom stereocenters. The van der Waals surface area contributed by atoms with Crippen molar-refractivity contribution in [1.82, 2.24) is 5.32 Å². The number of anilines is 1. The molecule has 1 atom stereocenters. The summed E-state index contributed by atoms with van der Waals surface area (Å²) in [6, 6.07) is 14.0. The molecule has 6 heteroatoms. The molecule has 2 aromatic rings. The zero-order valence-corrected chi connectivity index (χ0v) is 14.5. The molecule has 3 rings (SSSR count). The number of nitrogens with zero attached hydrogens (tertiary/aromatic N) is 1. The molecule has 1 fully saturated rings. The predicted molar refractivity (Wildman–Crippen MR) is 93.3 cm³/mol. The number of amides is 2. The van der Waals surface area contributed by atoms with E-state index in [4.69, 9.17) is 11.6 Å². The Labute approximate surface area is 147 Å². The van der Waals surface area contributed by atoms with Crippen molar-refractivity contribution in [3.8, 4) is 0 Å². The molecule has 4 nitrogen and oxygen atoms in total. The molecule has 1 heterocycles. The number of imide groups is 1. The van der Waals surface area contributed by atoms with E-state index in [0.29, 0.717) is 17.3 Å². The summed E-state index contributed by atoms with van der Waals surface area (Å²) in [7, 11) is 0. The van der Waals surface area contributed by atoms with Crippen LogP contribution in [0.5, 0.6) is 0 Å². The van der Waals surface area contributed by atoms with Crippen molar-refractivity contribution in [3.05, 3.63) is 63.6 Å². The van der Waals surface area contributed by atoms with Gasteiger partial charge in [0.05, 0.1) is 18.2 Å². The maximum atomic E-state index is 12.5. The molecule has 1 saturated heterocycles. The molecule has 0 spiro atoms. The minimum atomic E-state index is -0.498. The second-order valence-electron chi connectivity index (χ2n) is 5.31. The van der Waals surface area contributed by atoms with E-state index in [-0.39, 0.29) is 18.2 Å². The number of hydrogen-bond acceptors (Lipinski definition) is 3. The molecule has 1 aliphatic heterocycles. The molecule has 23 heavy (non-hydrogen) atoms. The summed E-state index contributed by atoms with van der Waals surface area (Å²) in [5.41, 5.74) is 1.61. The molecule has 0 radical (unpaired) electrons. The highest BCUT2D eigenvalue weighted by atomic mass is 79.9. The van der Waals surface area contributed by atoms with Crippen LogP contribution in [0.15, 0.2) is 53.0 Å². The summed E-state index contributed by atoms with van der Waals surface area (Å²) in [5.74, 6) is -0.405. The minimum Gasteiger partial charge on any atom is -0.301 e. The summed E-state index contributed by atoms with van der Waals surface area (Å²) in [6.45, 7) is 0.509. The first-order chi connectivity index (χ1) is 11.0. The molecule has 2 aromatic carbocycles. The fourth-order valence-electron chi connectivity index (χ4n) is 2.50. The third kappa shape index (κ3) is 3.63. The molecule has 0 bridgehead atoms. The number of carbonyl (C=O) groups is 2. The zero-order valence-electron chi connectivity index (χ0n) is 12.1. The summed E-state index contributed by atoms with van der Waals surface area (Å²) >= 11 is 9.19. The Morgan fingerprint density at radius 2 is 1.74 bits per heavy atom. The van der Waals surface area contributed by atoms with Crippen molar-refractivity contribution in [1.29, 1.82) is 0 Å². The lowest BCUT2D eigenvalue weighted by Gasteiger charge is -2.15. The van der Waals surface area contributed by atoms with Gasteiger partial charge in [-0.2, -0.15) is 0 Å². The van der Waals surface area contributed by atoms with Gasteiger partial charge >= 0.3 is 0 Å². The Balaban J connectivity index is 1.68. The van der Waals surface area contributed by atoms with Gasteiger partial charge in [-0.3, -0.25) is 9.59 Å². The van der Waals surface area contributed by atoms with Crippen molar-refractivity contribution < 1.29 is 9.59 Å². The molecule has 118 valence electrons. The van der Waals surface area contributed by atoms with Gasteiger partial charge in [-0.1, -0.05) is 39.7 Å². The predicted octanol–water partition coefficient (Wildman–Crippen LogP) is 3.52. The van der Waals surface area contributed by atoms with Crippen LogP contribution in [-0.4, -0.2) is 17.9 Å². The summed E-state index contributed by atoms with van der Waals surface area (Å²) in [6.07, 6.45) is 0.169. The quantitative estimate of drug-likeness (QED) is 0.809. The van der Waals surface area contributed by atoms with Crippen LogP contribution in [0.25, 0.3) is 0 Å². The van der Waals surface area contributed by atoms with Gasteiger partial charge in [0.25, 0.3) is 5.91 Å². The van der Waals surface area contributed by atoms with Gasteiger partial charge in [-0.25, -0.2) is 4.90 Å². The maximum Gasteiger partial charge on any atom is 0.251 e. The number of hydrogen-bond donors (Lipinski definition) is 1. The normalized spacial score (nSPS) is 17.8. The largest absolute Gasteiger partial charge is 0.301 e. The van der Waals surface area contributed by atoms with E-state index in [1.54, 1.807) is 24.3 Å². The Hall–Kier alpha value is -1.69.